The molecule has 0 saturated heterocycles. The predicted molar refractivity (Wildman–Crippen MR) is 69.9 cm³/mol. The zero-order valence-corrected chi connectivity index (χ0v) is 10.9. The number of hydrogen-bond acceptors (Lipinski definition) is 3. The van der Waals surface area contributed by atoms with Gasteiger partial charge >= 0.3 is 6.18 Å². The maximum absolute atomic E-state index is 13.0. The first-order chi connectivity index (χ1) is 9.52. The Balaban J connectivity index is 2.42. The van der Waals surface area contributed by atoms with Crippen LogP contribution in [-0.4, -0.2) is 16.5 Å². The molecule has 0 amide bonds. The number of nitrogens with one attached hydrogen (secondary N) is 1. The molecule has 2 rings (SSSR count). The SMILES string of the molecule is CCNCc1ccnc(-c2ccccc2C(F)(F)F)n1. The zero-order chi connectivity index (χ0) is 14.6. The summed E-state index contributed by atoms with van der Waals surface area (Å²) in [5.74, 6) is 0.0910. The molecule has 1 aromatic heterocycles. The quantitative estimate of drug-likeness (QED) is 0.934. The second-order valence-electron chi connectivity index (χ2n) is 4.20. The van der Waals surface area contributed by atoms with Crippen molar-refractivity contribution in [2.24, 2.45) is 0 Å². The first-order valence-electron chi connectivity index (χ1n) is 6.21. The Bertz CT molecular complexity index is 582. The van der Waals surface area contributed by atoms with Crippen LogP contribution < -0.4 is 5.32 Å². The first kappa shape index (κ1) is 14.5. The Labute approximate surface area is 114 Å². The average molecular weight is 281 g/mol. The molecular weight excluding hydrogens is 267 g/mol. The van der Waals surface area contributed by atoms with Gasteiger partial charge in [0.15, 0.2) is 5.82 Å². The van der Waals surface area contributed by atoms with Gasteiger partial charge in [0.2, 0.25) is 0 Å². The molecule has 0 aliphatic rings. The fourth-order valence-electron chi connectivity index (χ4n) is 1.80. The first-order valence-corrected chi connectivity index (χ1v) is 6.21. The molecule has 0 bridgehead atoms. The molecule has 1 aromatic carbocycles. The van der Waals surface area contributed by atoms with Gasteiger partial charge in [0, 0.05) is 18.3 Å². The van der Waals surface area contributed by atoms with Crippen molar-refractivity contribution in [2.75, 3.05) is 6.54 Å². The molecule has 0 spiro atoms. The normalized spacial score (nSPS) is 11.6. The molecule has 1 N–H and O–H groups in total. The molecule has 106 valence electrons. The van der Waals surface area contributed by atoms with Gasteiger partial charge in [0.05, 0.1) is 11.3 Å². The van der Waals surface area contributed by atoms with Crippen LogP contribution in [0.1, 0.15) is 18.2 Å². The fourth-order valence-corrected chi connectivity index (χ4v) is 1.80. The molecule has 2 aromatic rings. The van der Waals surface area contributed by atoms with Gasteiger partial charge in [-0.25, -0.2) is 9.97 Å². The summed E-state index contributed by atoms with van der Waals surface area (Å²) < 4.78 is 38.9. The summed E-state index contributed by atoms with van der Waals surface area (Å²) in [7, 11) is 0. The lowest BCUT2D eigenvalue weighted by atomic mass is 10.1. The van der Waals surface area contributed by atoms with E-state index in [0.29, 0.717) is 12.2 Å². The average Bonchev–Trinajstić information content (AvgIpc) is 2.44. The minimum absolute atomic E-state index is 0.00153. The third-order valence-corrected chi connectivity index (χ3v) is 2.74. The number of nitrogens with zero attached hydrogens (tertiary/aromatic N) is 2. The molecule has 1 heterocycles. The van der Waals surface area contributed by atoms with Gasteiger partial charge in [-0.2, -0.15) is 13.2 Å². The van der Waals surface area contributed by atoms with E-state index in [1.54, 1.807) is 12.1 Å². The van der Waals surface area contributed by atoms with E-state index in [1.165, 1.54) is 18.3 Å². The van der Waals surface area contributed by atoms with Crippen LogP contribution in [0.15, 0.2) is 36.5 Å². The number of aromatic nitrogens is 2. The minimum Gasteiger partial charge on any atom is -0.311 e. The van der Waals surface area contributed by atoms with Crippen LogP contribution in [0.3, 0.4) is 0 Å². The van der Waals surface area contributed by atoms with Gasteiger partial charge in [0.1, 0.15) is 0 Å². The Hall–Kier alpha value is -1.95. The highest BCUT2D eigenvalue weighted by molar-refractivity contribution is 5.61. The molecule has 0 radical (unpaired) electrons. The summed E-state index contributed by atoms with van der Waals surface area (Å²) in [6.07, 6.45) is -2.94. The van der Waals surface area contributed by atoms with Crippen molar-refractivity contribution < 1.29 is 13.2 Å². The van der Waals surface area contributed by atoms with Crippen molar-refractivity contribution in [3.8, 4) is 11.4 Å². The van der Waals surface area contributed by atoms with Crippen LogP contribution in [0, 0.1) is 0 Å². The van der Waals surface area contributed by atoms with Crippen LogP contribution in [0.2, 0.25) is 0 Å². The van der Waals surface area contributed by atoms with Crippen molar-refractivity contribution in [3.05, 3.63) is 47.8 Å². The van der Waals surface area contributed by atoms with Crippen LogP contribution >= 0.6 is 0 Å². The van der Waals surface area contributed by atoms with E-state index >= 15 is 0 Å². The van der Waals surface area contributed by atoms with E-state index in [2.05, 4.69) is 15.3 Å². The zero-order valence-electron chi connectivity index (χ0n) is 10.9. The third kappa shape index (κ3) is 3.33. The molecule has 0 aliphatic heterocycles. The third-order valence-electron chi connectivity index (χ3n) is 2.74. The van der Waals surface area contributed by atoms with Crippen LogP contribution in [0.25, 0.3) is 11.4 Å². The van der Waals surface area contributed by atoms with E-state index in [-0.39, 0.29) is 11.4 Å². The molecule has 20 heavy (non-hydrogen) atoms. The Morgan fingerprint density at radius 2 is 1.90 bits per heavy atom. The van der Waals surface area contributed by atoms with Crippen molar-refractivity contribution in [3.63, 3.8) is 0 Å². The minimum atomic E-state index is -4.42. The summed E-state index contributed by atoms with van der Waals surface area (Å²) >= 11 is 0. The van der Waals surface area contributed by atoms with E-state index < -0.39 is 11.7 Å². The number of hydrogen-bond donors (Lipinski definition) is 1. The maximum Gasteiger partial charge on any atom is 0.417 e. The van der Waals surface area contributed by atoms with Crippen LogP contribution in [0.5, 0.6) is 0 Å². The largest absolute Gasteiger partial charge is 0.417 e. The molecule has 0 unspecified atom stereocenters. The number of rotatable bonds is 4. The van der Waals surface area contributed by atoms with E-state index in [1.807, 2.05) is 6.92 Å². The molecule has 0 saturated carbocycles. The molecule has 0 atom stereocenters. The van der Waals surface area contributed by atoms with Gasteiger partial charge in [-0.05, 0) is 18.7 Å². The maximum atomic E-state index is 13.0. The van der Waals surface area contributed by atoms with Gasteiger partial charge in [0.25, 0.3) is 0 Å². The van der Waals surface area contributed by atoms with Crippen molar-refractivity contribution in [1.29, 1.82) is 0 Å². The van der Waals surface area contributed by atoms with Crippen molar-refractivity contribution >= 4 is 0 Å². The lowest BCUT2D eigenvalue weighted by Crippen LogP contribution is -2.14. The van der Waals surface area contributed by atoms with E-state index in [0.717, 1.165) is 12.6 Å². The topological polar surface area (TPSA) is 37.8 Å². The second-order valence-corrected chi connectivity index (χ2v) is 4.20. The highest BCUT2D eigenvalue weighted by atomic mass is 19.4. The number of benzene rings is 1. The van der Waals surface area contributed by atoms with Crippen LogP contribution in [-0.2, 0) is 12.7 Å². The summed E-state index contributed by atoms with van der Waals surface area (Å²) in [6, 6.07) is 7.01. The Morgan fingerprint density at radius 3 is 2.60 bits per heavy atom. The molecule has 3 nitrogen and oxygen atoms in total. The van der Waals surface area contributed by atoms with Gasteiger partial charge in [-0.15, -0.1) is 0 Å². The number of halogens is 3. The summed E-state index contributed by atoms with van der Waals surface area (Å²) in [5, 5.41) is 3.08. The van der Waals surface area contributed by atoms with Gasteiger partial charge in [-0.1, -0.05) is 25.1 Å². The summed E-state index contributed by atoms with van der Waals surface area (Å²) in [6.45, 7) is 3.21. The highest BCUT2D eigenvalue weighted by Crippen LogP contribution is 2.35. The van der Waals surface area contributed by atoms with E-state index in [9.17, 15) is 13.2 Å². The monoisotopic (exact) mass is 281 g/mol. The lowest BCUT2D eigenvalue weighted by Gasteiger charge is -2.12. The fraction of sp³-hybridized carbons (Fsp3) is 0.286. The molecule has 6 heteroatoms. The number of alkyl halides is 3. The van der Waals surface area contributed by atoms with E-state index in [4.69, 9.17) is 0 Å². The smallest absolute Gasteiger partial charge is 0.311 e. The predicted octanol–water partition coefficient (Wildman–Crippen LogP) is 3.27. The Morgan fingerprint density at radius 1 is 1.15 bits per heavy atom. The van der Waals surface area contributed by atoms with Crippen molar-refractivity contribution in [2.45, 2.75) is 19.6 Å². The summed E-state index contributed by atoms with van der Waals surface area (Å²) in [5.41, 5.74) is -0.0622. The van der Waals surface area contributed by atoms with Crippen LogP contribution in [0.4, 0.5) is 13.2 Å². The molecule has 0 fully saturated rings. The molecular formula is C14H14F3N3. The van der Waals surface area contributed by atoms with Crippen molar-refractivity contribution in [1.82, 2.24) is 15.3 Å². The van der Waals surface area contributed by atoms with Gasteiger partial charge in [-0.3, -0.25) is 0 Å². The molecule has 0 aliphatic carbocycles. The highest BCUT2D eigenvalue weighted by Gasteiger charge is 2.33. The Kier molecular flexibility index (Phi) is 4.34. The lowest BCUT2D eigenvalue weighted by molar-refractivity contribution is -0.137. The second kappa shape index (κ2) is 6.00. The standard InChI is InChI=1S/C14H14F3N3/c1-2-18-9-10-7-8-19-13(20-10)11-5-3-4-6-12(11)14(15,16)17/h3-8,18H,2,9H2,1H3. The van der Waals surface area contributed by atoms with Gasteiger partial charge < -0.3 is 5.32 Å². The summed E-state index contributed by atoms with van der Waals surface area (Å²) in [4.78, 5) is 8.13.